The number of benzene rings is 1. The molecule has 1 fully saturated rings. The SMILES string of the molecule is COc1cccc(F)c1C(C)NC(=O)C1(N)CCCC1. The monoisotopic (exact) mass is 280 g/mol. The Hall–Kier alpha value is -1.62. The minimum absolute atomic E-state index is 0.215. The first kappa shape index (κ1) is 14.8. The van der Waals surface area contributed by atoms with Crippen LogP contribution < -0.4 is 15.8 Å². The lowest BCUT2D eigenvalue weighted by Gasteiger charge is -2.26. The molecule has 1 atom stereocenters. The summed E-state index contributed by atoms with van der Waals surface area (Å²) < 4.78 is 19.1. The van der Waals surface area contributed by atoms with Crippen LogP contribution in [0.1, 0.15) is 44.2 Å². The Bertz CT molecular complexity index is 499. The lowest BCUT2D eigenvalue weighted by atomic mass is 9.96. The van der Waals surface area contributed by atoms with E-state index in [9.17, 15) is 9.18 Å². The third kappa shape index (κ3) is 2.77. The fourth-order valence-corrected chi connectivity index (χ4v) is 2.76. The van der Waals surface area contributed by atoms with Gasteiger partial charge in [0.05, 0.1) is 24.3 Å². The van der Waals surface area contributed by atoms with Crippen LogP contribution in [0.5, 0.6) is 5.75 Å². The summed E-state index contributed by atoms with van der Waals surface area (Å²) in [5, 5.41) is 2.81. The molecule has 0 bridgehead atoms. The molecular formula is C15H21FN2O2. The van der Waals surface area contributed by atoms with E-state index < -0.39 is 17.4 Å². The largest absolute Gasteiger partial charge is 0.496 e. The Morgan fingerprint density at radius 1 is 1.45 bits per heavy atom. The molecule has 0 aromatic heterocycles. The molecule has 1 saturated carbocycles. The zero-order chi connectivity index (χ0) is 14.8. The summed E-state index contributed by atoms with van der Waals surface area (Å²) in [6.45, 7) is 1.73. The van der Waals surface area contributed by atoms with Crippen molar-refractivity contribution in [1.82, 2.24) is 5.32 Å². The van der Waals surface area contributed by atoms with E-state index in [1.54, 1.807) is 19.1 Å². The minimum atomic E-state index is -0.813. The number of hydrogen-bond donors (Lipinski definition) is 2. The van der Waals surface area contributed by atoms with Crippen LogP contribution in [0.15, 0.2) is 18.2 Å². The highest BCUT2D eigenvalue weighted by Gasteiger charge is 2.37. The Morgan fingerprint density at radius 3 is 2.70 bits per heavy atom. The molecule has 1 aliphatic rings. The summed E-state index contributed by atoms with van der Waals surface area (Å²) in [7, 11) is 1.48. The maximum atomic E-state index is 13.9. The first-order valence-corrected chi connectivity index (χ1v) is 6.90. The average Bonchev–Trinajstić information content (AvgIpc) is 2.86. The molecule has 0 saturated heterocycles. The van der Waals surface area contributed by atoms with Gasteiger partial charge in [0.15, 0.2) is 0 Å². The van der Waals surface area contributed by atoms with E-state index in [2.05, 4.69) is 5.32 Å². The summed E-state index contributed by atoms with van der Waals surface area (Å²) in [4.78, 5) is 12.3. The van der Waals surface area contributed by atoms with Gasteiger partial charge in [-0.2, -0.15) is 0 Å². The van der Waals surface area contributed by atoms with E-state index in [-0.39, 0.29) is 5.91 Å². The molecule has 1 amide bonds. The van der Waals surface area contributed by atoms with Crippen molar-refractivity contribution in [1.29, 1.82) is 0 Å². The molecule has 2 rings (SSSR count). The molecule has 20 heavy (non-hydrogen) atoms. The Kier molecular flexibility index (Phi) is 4.28. The molecule has 1 aliphatic carbocycles. The maximum absolute atomic E-state index is 13.9. The molecule has 3 N–H and O–H groups in total. The summed E-state index contributed by atoms with van der Waals surface area (Å²) >= 11 is 0. The molecule has 1 unspecified atom stereocenters. The zero-order valence-corrected chi connectivity index (χ0v) is 11.9. The highest BCUT2D eigenvalue weighted by molar-refractivity contribution is 5.86. The van der Waals surface area contributed by atoms with Crippen molar-refractivity contribution in [3.05, 3.63) is 29.6 Å². The molecule has 110 valence electrons. The number of nitrogens with one attached hydrogen (secondary N) is 1. The van der Waals surface area contributed by atoms with E-state index in [0.29, 0.717) is 24.2 Å². The van der Waals surface area contributed by atoms with Gasteiger partial charge in [-0.15, -0.1) is 0 Å². The smallest absolute Gasteiger partial charge is 0.240 e. The van der Waals surface area contributed by atoms with Crippen LogP contribution in [-0.4, -0.2) is 18.6 Å². The molecule has 0 heterocycles. The van der Waals surface area contributed by atoms with Gasteiger partial charge < -0.3 is 15.8 Å². The van der Waals surface area contributed by atoms with Crippen molar-refractivity contribution in [2.24, 2.45) is 5.73 Å². The summed E-state index contributed by atoms with van der Waals surface area (Å²) in [5.41, 5.74) is 5.64. The second-order valence-corrected chi connectivity index (χ2v) is 5.41. The minimum Gasteiger partial charge on any atom is -0.496 e. The molecule has 0 spiro atoms. The Balaban J connectivity index is 2.16. The van der Waals surface area contributed by atoms with Gasteiger partial charge in [-0.3, -0.25) is 4.79 Å². The number of amides is 1. The molecule has 5 heteroatoms. The van der Waals surface area contributed by atoms with Gasteiger partial charge in [0.25, 0.3) is 0 Å². The van der Waals surface area contributed by atoms with Crippen LogP contribution in [0.2, 0.25) is 0 Å². The van der Waals surface area contributed by atoms with Gasteiger partial charge in [-0.25, -0.2) is 4.39 Å². The first-order chi connectivity index (χ1) is 9.48. The zero-order valence-electron chi connectivity index (χ0n) is 11.9. The number of hydrogen-bond acceptors (Lipinski definition) is 3. The van der Waals surface area contributed by atoms with Crippen LogP contribution in [-0.2, 0) is 4.79 Å². The van der Waals surface area contributed by atoms with Crippen molar-refractivity contribution < 1.29 is 13.9 Å². The number of methoxy groups -OCH3 is 1. The average molecular weight is 280 g/mol. The van der Waals surface area contributed by atoms with Crippen molar-refractivity contribution in [2.45, 2.75) is 44.2 Å². The third-order valence-corrected chi connectivity index (χ3v) is 3.96. The molecular weight excluding hydrogens is 259 g/mol. The predicted octanol–water partition coefficient (Wildman–Crippen LogP) is 2.28. The van der Waals surface area contributed by atoms with E-state index in [1.807, 2.05) is 0 Å². The van der Waals surface area contributed by atoms with Gasteiger partial charge in [0.1, 0.15) is 11.6 Å². The van der Waals surface area contributed by atoms with Crippen LogP contribution >= 0.6 is 0 Å². The topological polar surface area (TPSA) is 64.3 Å². The lowest BCUT2D eigenvalue weighted by Crippen LogP contribution is -2.52. The van der Waals surface area contributed by atoms with Crippen molar-refractivity contribution in [2.75, 3.05) is 7.11 Å². The van der Waals surface area contributed by atoms with Crippen molar-refractivity contribution >= 4 is 5.91 Å². The molecule has 1 aromatic rings. The Morgan fingerprint density at radius 2 is 2.10 bits per heavy atom. The van der Waals surface area contributed by atoms with E-state index in [0.717, 1.165) is 12.8 Å². The standard InChI is InChI=1S/C15H21FN2O2/c1-10(13-11(16)6-5-7-12(13)20-2)18-14(19)15(17)8-3-4-9-15/h5-7,10H,3-4,8-9,17H2,1-2H3,(H,18,19). The summed E-state index contributed by atoms with van der Waals surface area (Å²) in [5.74, 6) is -0.183. The fraction of sp³-hybridized carbons (Fsp3) is 0.533. The lowest BCUT2D eigenvalue weighted by molar-refractivity contribution is -0.126. The van der Waals surface area contributed by atoms with E-state index in [4.69, 9.17) is 10.5 Å². The van der Waals surface area contributed by atoms with Crippen LogP contribution in [0.3, 0.4) is 0 Å². The normalized spacial score (nSPS) is 18.6. The number of halogens is 1. The second-order valence-electron chi connectivity index (χ2n) is 5.41. The third-order valence-electron chi connectivity index (χ3n) is 3.96. The number of rotatable bonds is 4. The van der Waals surface area contributed by atoms with E-state index in [1.165, 1.54) is 13.2 Å². The second kappa shape index (κ2) is 5.79. The first-order valence-electron chi connectivity index (χ1n) is 6.90. The van der Waals surface area contributed by atoms with Gasteiger partial charge >= 0.3 is 0 Å². The van der Waals surface area contributed by atoms with Crippen molar-refractivity contribution in [3.63, 3.8) is 0 Å². The maximum Gasteiger partial charge on any atom is 0.240 e. The predicted molar refractivity (Wildman–Crippen MR) is 74.9 cm³/mol. The van der Waals surface area contributed by atoms with Gasteiger partial charge in [0.2, 0.25) is 5.91 Å². The van der Waals surface area contributed by atoms with Gasteiger partial charge in [0, 0.05) is 0 Å². The molecule has 0 aliphatic heterocycles. The van der Waals surface area contributed by atoms with E-state index >= 15 is 0 Å². The summed E-state index contributed by atoms with van der Waals surface area (Å²) in [6, 6.07) is 4.12. The quantitative estimate of drug-likeness (QED) is 0.889. The highest BCUT2D eigenvalue weighted by Crippen LogP contribution is 2.31. The van der Waals surface area contributed by atoms with Gasteiger partial charge in [-0.1, -0.05) is 18.9 Å². The van der Waals surface area contributed by atoms with Crippen LogP contribution in [0, 0.1) is 5.82 Å². The number of ether oxygens (including phenoxy) is 1. The highest BCUT2D eigenvalue weighted by atomic mass is 19.1. The molecule has 0 radical (unpaired) electrons. The Labute approximate surface area is 118 Å². The summed E-state index contributed by atoms with van der Waals surface area (Å²) in [6.07, 6.45) is 3.28. The number of carbonyl (C=O) groups is 1. The van der Waals surface area contributed by atoms with Crippen LogP contribution in [0.4, 0.5) is 4.39 Å². The van der Waals surface area contributed by atoms with Gasteiger partial charge in [-0.05, 0) is 31.9 Å². The molecule has 4 nitrogen and oxygen atoms in total. The molecule has 1 aromatic carbocycles. The van der Waals surface area contributed by atoms with Crippen molar-refractivity contribution in [3.8, 4) is 5.75 Å². The number of nitrogens with two attached hydrogens (primary N) is 1. The van der Waals surface area contributed by atoms with Crippen LogP contribution in [0.25, 0.3) is 0 Å². The fourth-order valence-electron chi connectivity index (χ4n) is 2.76. The number of carbonyl (C=O) groups excluding carboxylic acids is 1.